The van der Waals surface area contributed by atoms with E-state index in [-0.39, 0.29) is 5.82 Å². The lowest BCUT2D eigenvalue weighted by Crippen LogP contribution is -2.02. The zero-order valence-electron chi connectivity index (χ0n) is 12.3. The Morgan fingerprint density at radius 1 is 1.23 bits per heavy atom. The fraction of sp³-hybridized carbons (Fsp3) is 0.167. The molecule has 0 spiro atoms. The van der Waals surface area contributed by atoms with Crippen LogP contribution in [0.4, 0.5) is 10.2 Å². The SMILES string of the molecule is Cc1cccc(CNc2n[nH]c3c2Cc2cc(F)ccc2-3)c1. The molecule has 0 amide bonds. The topological polar surface area (TPSA) is 40.7 Å². The van der Waals surface area contributed by atoms with Crippen molar-refractivity contribution >= 4 is 5.82 Å². The van der Waals surface area contributed by atoms with Gasteiger partial charge in [-0.25, -0.2) is 4.39 Å². The molecule has 0 saturated carbocycles. The Balaban J connectivity index is 1.58. The highest BCUT2D eigenvalue weighted by Gasteiger charge is 2.24. The molecule has 3 aromatic rings. The summed E-state index contributed by atoms with van der Waals surface area (Å²) < 4.78 is 13.4. The van der Waals surface area contributed by atoms with Gasteiger partial charge >= 0.3 is 0 Å². The van der Waals surface area contributed by atoms with Crippen molar-refractivity contribution in [2.75, 3.05) is 5.32 Å². The number of anilines is 1. The first-order valence-electron chi connectivity index (χ1n) is 7.36. The summed E-state index contributed by atoms with van der Waals surface area (Å²) in [5, 5.41) is 10.8. The van der Waals surface area contributed by atoms with Gasteiger partial charge in [-0.05, 0) is 36.2 Å². The summed E-state index contributed by atoms with van der Waals surface area (Å²) >= 11 is 0. The Morgan fingerprint density at radius 2 is 2.14 bits per heavy atom. The number of hydrogen-bond acceptors (Lipinski definition) is 2. The third kappa shape index (κ3) is 2.17. The lowest BCUT2D eigenvalue weighted by atomic mass is 10.1. The van der Waals surface area contributed by atoms with Gasteiger partial charge in [-0.1, -0.05) is 29.8 Å². The average Bonchev–Trinajstić information content (AvgIpc) is 3.03. The molecular weight excluding hydrogens is 277 g/mol. The molecule has 110 valence electrons. The highest BCUT2D eigenvalue weighted by atomic mass is 19.1. The van der Waals surface area contributed by atoms with Gasteiger partial charge in [0.1, 0.15) is 5.82 Å². The van der Waals surface area contributed by atoms with E-state index in [2.05, 4.69) is 46.7 Å². The molecule has 4 rings (SSSR count). The highest BCUT2D eigenvalue weighted by molar-refractivity contribution is 5.78. The van der Waals surface area contributed by atoms with E-state index >= 15 is 0 Å². The number of fused-ring (bicyclic) bond motifs is 3. The normalized spacial score (nSPS) is 12.1. The maximum absolute atomic E-state index is 13.4. The molecule has 0 atom stereocenters. The van der Waals surface area contributed by atoms with Gasteiger partial charge in [0.05, 0.1) is 5.69 Å². The van der Waals surface area contributed by atoms with E-state index in [0.29, 0.717) is 0 Å². The second-order valence-corrected chi connectivity index (χ2v) is 5.75. The number of H-pyrrole nitrogens is 1. The minimum atomic E-state index is -0.189. The summed E-state index contributed by atoms with van der Waals surface area (Å²) in [6, 6.07) is 13.3. The first-order chi connectivity index (χ1) is 10.7. The van der Waals surface area contributed by atoms with Crippen LogP contribution in [0.15, 0.2) is 42.5 Å². The van der Waals surface area contributed by atoms with Crippen LogP contribution in [0.2, 0.25) is 0 Å². The van der Waals surface area contributed by atoms with Crippen LogP contribution in [0.3, 0.4) is 0 Å². The standard InChI is InChI=1S/C18H16FN3/c1-11-3-2-4-12(7-11)10-20-18-16-9-13-8-14(19)5-6-15(13)17(16)21-22-18/h2-8H,9-10H2,1H3,(H2,20,21,22). The molecule has 1 aliphatic carbocycles. The Kier molecular flexibility index (Phi) is 2.96. The molecule has 0 saturated heterocycles. The molecule has 22 heavy (non-hydrogen) atoms. The van der Waals surface area contributed by atoms with Crippen LogP contribution in [0.25, 0.3) is 11.3 Å². The van der Waals surface area contributed by atoms with Crippen LogP contribution < -0.4 is 5.32 Å². The quantitative estimate of drug-likeness (QED) is 0.598. The molecule has 1 heterocycles. The minimum Gasteiger partial charge on any atom is -0.364 e. The molecule has 2 N–H and O–H groups in total. The van der Waals surface area contributed by atoms with E-state index in [1.807, 2.05) is 6.07 Å². The summed E-state index contributed by atoms with van der Waals surface area (Å²) in [5.74, 6) is 0.666. The first kappa shape index (κ1) is 13.1. The third-order valence-electron chi connectivity index (χ3n) is 4.11. The van der Waals surface area contributed by atoms with E-state index in [1.165, 1.54) is 17.2 Å². The van der Waals surface area contributed by atoms with Crippen LogP contribution in [-0.2, 0) is 13.0 Å². The monoisotopic (exact) mass is 293 g/mol. The van der Waals surface area contributed by atoms with Crippen molar-refractivity contribution in [1.29, 1.82) is 0 Å². The smallest absolute Gasteiger partial charge is 0.152 e. The van der Waals surface area contributed by atoms with Crippen molar-refractivity contribution < 1.29 is 4.39 Å². The van der Waals surface area contributed by atoms with Crippen LogP contribution >= 0.6 is 0 Å². The summed E-state index contributed by atoms with van der Waals surface area (Å²) in [7, 11) is 0. The van der Waals surface area contributed by atoms with Gasteiger partial charge in [-0.3, -0.25) is 5.10 Å². The summed E-state index contributed by atoms with van der Waals surface area (Å²) in [6.45, 7) is 2.81. The van der Waals surface area contributed by atoms with Crippen molar-refractivity contribution in [3.8, 4) is 11.3 Å². The highest BCUT2D eigenvalue weighted by Crippen LogP contribution is 2.38. The van der Waals surface area contributed by atoms with Crippen LogP contribution in [-0.4, -0.2) is 10.2 Å². The Hall–Kier alpha value is -2.62. The number of nitrogens with one attached hydrogen (secondary N) is 2. The Bertz CT molecular complexity index is 851. The van der Waals surface area contributed by atoms with Crippen LogP contribution in [0, 0.1) is 12.7 Å². The van der Waals surface area contributed by atoms with E-state index in [9.17, 15) is 4.39 Å². The number of rotatable bonds is 3. The van der Waals surface area contributed by atoms with E-state index < -0.39 is 0 Å². The molecular formula is C18H16FN3. The lowest BCUT2D eigenvalue weighted by Gasteiger charge is -2.06. The van der Waals surface area contributed by atoms with Crippen molar-refractivity contribution in [3.63, 3.8) is 0 Å². The summed E-state index contributed by atoms with van der Waals surface area (Å²) in [4.78, 5) is 0. The van der Waals surface area contributed by atoms with Crippen molar-refractivity contribution in [3.05, 3.63) is 70.5 Å². The number of aromatic nitrogens is 2. The predicted molar refractivity (Wildman–Crippen MR) is 85.3 cm³/mol. The van der Waals surface area contributed by atoms with Crippen molar-refractivity contribution in [2.45, 2.75) is 19.9 Å². The fourth-order valence-electron chi connectivity index (χ4n) is 3.06. The molecule has 0 bridgehead atoms. The average molecular weight is 293 g/mol. The molecule has 4 heteroatoms. The van der Waals surface area contributed by atoms with E-state index in [1.54, 1.807) is 6.07 Å². The maximum Gasteiger partial charge on any atom is 0.152 e. The van der Waals surface area contributed by atoms with Crippen molar-refractivity contribution in [2.24, 2.45) is 0 Å². The van der Waals surface area contributed by atoms with Gasteiger partial charge in [0, 0.05) is 24.1 Å². The van der Waals surface area contributed by atoms with Gasteiger partial charge < -0.3 is 5.32 Å². The van der Waals surface area contributed by atoms with Gasteiger partial charge in [-0.2, -0.15) is 5.10 Å². The van der Waals surface area contributed by atoms with Crippen LogP contribution in [0.1, 0.15) is 22.3 Å². The van der Waals surface area contributed by atoms with Gasteiger partial charge in [0.25, 0.3) is 0 Å². The second-order valence-electron chi connectivity index (χ2n) is 5.75. The first-order valence-corrected chi connectivity index (χ1v) is 7.36. The van der Waals surface area contributed by atoms with Gasteiger partial charge in [-0.15, -0.1) is 0 Å². The number of aromatic amines is 1. The summed E-state index contributed by atoms with van der Waals surface area (Å²) in [5.41, 5.74) is 6.65. The zero-order valence-corrected chi connectivity index (χ0v) is 12.3. The summed E-state index contributed by atoms with van der Waals surface area (Å²) in [6.07, 6.45) is 0.717. The van der Waals surface area contributed by atoms with E-state index in [4.69, 9.17) is 0 Å². The molecule has 0 unspecified atom stereocenters. The number of benzene rings is 2. The Morgan fingerprint density at radius 3 is 3.00 bits per heavy atom. The zero-order chi connectivity index (χ0) is 15.1. The molecule has 0 fully saturated rings. The third-order valence-corrected chi connectivity index (χ3v) is 4.11. The molecule has 1 aromatic heterocycles. The molecule has 1 aliphatic rings. The number of nitrogens with zero attached hydrogens (tertiary/aromatic N) is 1. The molecule has 0 radical (unpaired) electrons. The molecule has 0 aliphatic heterocycles. The largest absolute Gasteiger partial charge is 0.364 e. The number of hydrogen-bond donors (Lipinski definition) is 2. The molecule has 3 nitrogen and oxygen atoms in total. The van der Waals surface area contributed by atoms with Gasteiger partial charge in [0.15, 0.2) is 5.82 Å². The minimum absolute atomic E-state index is 0.189. The number of halogens is 1. The molecule has 2 aromatic carbocycles. The second kappa shape index (κ2) is 4.98. The Labute approximate surface area is 128 Å². The maximum atomic E-state index is 13.4. The van der Waals surface area contributed by atoms with Crippen LogP contribution in [0.5, 0.6) is 0 Å². The lowest BCUT2D eigenvalue weighted by molar-refractivity contribution is 0.626. The van der Waals surface area contributed by atoms with Gasteiger partial charge in [0.2, 0.25) is 0 Å². The van der Waals surface area contributed by atoms with Crippen molar-refractivity contribution in [1.82, 2.24) is 10.2 Å². The predicted octanol–water partition coefficient (Wildman–Crippen LogP) is 4.04. The fourth-order valence-corrected chi connectivity index (χ4v) is 3.06. The number of aryl methyl sites for hydroxylation is 1. The van der Waals surface area contributed by atoms with E-state index in [0.717, 1.165) is 41.2 Å².